The molecule has 0 fully saturated rings. The van der Waals surface area contributed by atoms with Gasteiger partial charge in [-0.25, -0.2) is 0 Å². The van der Waals surface area contributed by atoms with Crippen molar-refractivity contribution >= 4 is 5.97 Å². The van der Waals surface area contributed by atoms with Crippen molar-refractivity contribution in [2.45, 2.75) is 19.8 Å². The Hall–Kier alpha value is -1.25. The van der Waals surface area contributed by atoms with Crippen LogP contribution in [0, 0.1) is 0 Å². The maximum Gasteiger partial charge on any atom is 0.305 e. The summed E-state index contributed by atoms with van der Waals surface area (Å²) in [5.74, 6) is 0.681. The Morgan fingerprint density at radius 2 is 2.50 bits per heavy atom. The van der Waals surface area contributed by atoms with Gasteiger partial charge in [0.1, 0.15) is 5.76 Å². The molecular weight excluding hydrogens is 156 g/mol. The lowest BCUT2D eigenvalue weighted by atomic mass is 10.3. The van der Waals surface area contributed by atoms with Crippen LogP contribution in [-0.2, 0) is 16.0 Å². The molecule has 3 nitrogen and oxygen atoms in total. The van der Waals surface area contributed by atoms with Gasteiger partial charge in [0.2, 0.25) is 0 Å². The first-order chi connectivity index (χ1) is 5.83. The zero-order valence-electron chi connectivity index (χ0n) is 7.08. The number of furan rings is 1. The highest BCUT2D eigenvalue weighted by atomic mass is 16.5. The zero-order valence-corrected chi connectivity index (χ0v) is 7.08. The summed E-state index contributed by atoms with van der Waals surface area (Å²) in [6, 6.07) is 3.68. The van der Waals surface area contributed by atoms with Gasteiger partial charge in [0.25, 0.3) is 0 Å². The molecule has 12 heavy (non-hydrogen) atoms. The summed E-state index contributed by atoms with van der Waals surface area (Å²) in [4.78, 5) is 10.7. The number of hydrogen-bond donors (Lipinski definition) is 0. The van der Waals surface area contributed by atoms with Gasteiger partial charge < -0.3 is 9.15 Å². The molecule has 1 aromatic rings. The molecule has 0 saturated heterocycles. The Morgan fingerprint density at radius 3 is 3.08 bits per heavy atom. The first-order valence-electron chi connectivity index (χ1n) is 4.01. The van der Waals surface area contributed by atoms with E-state index in [0.29, 0.717) is 19.4 Å². The monoisotopic (exact) mass is 168 g/mol. The Bertz CT molecular complexity index is 226. The van der Waals surface area contributed by atoms with Crippen molar-refractivity contribution in [1.29, 1.82) is 0 Å². The highest BCUT2D eigenvalue weighted by Crippen LogP contribution is 2.00. The lowest BCUT2D eigenvalue weighted by Gasteiger charge is -1.99. The van der Waals surface area contributed by atoms with Gasteiger partial charge in [0.15, 0.2) is 0 Å². The zero-order chi connectivity index (χ0) is 8.81. The topological polar surface area (TPSA) is 39.4 Å². The normalized spacial score (nSPS) is 9.75. The molecule has 0 aliphatic rings. The van der Waals surface area contributed by atoms with Crippen molar-refractivity contribution in [3.63, 3.8) is 0 Å². The van der Waals surface area contributed by atoms with Crippen molar-refractivity contribution in [3.05, 3.63) is 24.2 Å². The minimum atomic E-state index is -0.165. The molecule has 1 heterocycles. The summed E-state index contributed by atoms with van der Waals surface area (Å²) in [5.41, 5.74) is 0. The van der Waals surface area contributed by atoms with E-state index in [1.54, 1.807) is 13.2 Å². The third-order valence-electron chi connectivity index (χ3n) is 1.48. The standard InChI is InChI=1S/C9H12O3/c1-2-9(10)12-7-5-8-4-3-6-11-8/h3-4,6H,2,5,7H2,1H3. The van der Waals surface area contributed by atoms with Crippen molar-refractivity contribution in [1.82, 2.24) is 0 Å². The van der Waals surface area contributed by atoms with Gasteiger partial charge in [0, 0.05) is 12.8 Å². The van der Waals surface area contributed by atoms with Gasteiger partial charge in [-0.1, -0.05) is 6.92 Å². The van der Waals surface area contributed by atoms with Crippen LogP contribution in [0.3, 0.4) is 0 Å². The third-order valence-corrected chi connectivity index (χ3v) is 1.48. The fourth-order valence-electron chi connectivity index (χ4n) is 0.822. The molecular formula is C9H12O3. The SMILES string of the molecule is CCC(=O)OCCc1ccco1. The fourth-order valence-corrected chi connectivity index (χ4v) is 0.822. The maximum atomic E-state index is 10.7. The number of rotatable bonds is 4. The average molecular weight is 168 g/mol. The van der Waals surface area contributed by atoms with E-state index in [0.717, 1.165) is 5.76 Å². The minimum absolute atomic E-state index is 0.165. The molecule has 0 amide bonds. The van der Waals surface area contributed by atoms with Crippen LogP contribution in [0.5, 0.6) is 0 Å². The van der Waals surface area contributed by atoms with Gasteiger partial charge in [0.05, 0.1) is 12.9 Å². The Balaban J connectivity index is 2.15. The smallest absolute Gasteiger partial charge is 0.305 e. The van der Waals surface area contributed by atoms with Crippen LogP contribution in [0.1, 0.15) is 19.1 Å². The van der Waals surface area contributed by atoms with Crippen molar-refractivity contribution in [2.24, 2.45) is 0 Å². The Kier molecular flexibility index (Phi) is 3.38. The number of hydrogen-bond acceptors (Lipinski definition) is 3. The number of ether oxygens (including phenoxy) is 1. The summed E-state index contributed by atoms with van der Waals surface area (Å²) >= 11 is 0. The van der Waals surface area contributed by atoms with Crippen LogP contribution in [0.15, 0.2) is 22.8 Å². The first-order valence-corrected chi connectivity index (χ1v) is 4.01. The van der Waals surface area contributed by atoms with Crippen LogP contribution in [-0.4, -0.2) is 12.6 Å². The molecule has 0 atom stereocenters. The van der Waals surface area contributed by atoms with Gasteiger partial charge >= 0.3 is 5.97 Å². The second-order valence-electron chi connectivity index (χ2n) is 2.40. The van der Waals surface area contributed by atoms with Gasteiger partial charge in [-0.2, -0.15) is 0 Å². The third kappa shape index (κ3) is 2.78. The molecule has 0 aliphatic heterocycles. The van der Waals surface area contributed by atoms with Gasteiger partial charge in [-0.3, -0.25) is 4.79 Å². The number of esters is 1. The van der Waals surface area contributed by atoms with E-state index in [2.05, 4.69) is 0 Å². The molecule has 0 radical (unpaired) electrons. The lowest BCUT2D eigenvalue weighted by molar-refractivity contribution is -0.143. The summed E-state index contributed by atoms with van der Waals surface area (Å²) in [6.07, 6.45) is 2.69. The molecule has 0 bridgehead atoms. The van der Waals surface area contributed by atoms with E-state index in [-0.39, 0.29) is 5.97 Å². The van der Waals surface area contributed by atoms with Crippen molar-refractivity contribution in [3.8, 4) is 0 Å². The summed E-state index contributed by atoms with van der Waals surface area (Å²) in [6.45, 7) is 2.18. The van der Waals surface area contributed by atoms with Crippen molar-refractivity contribution < 1.29 is 13.9 Å². The largest absolute Gasteiger partial charge is 0.469 e. The van der Waals surface area contributed by atoms with Gasteiger partial charge in [-0.05, 0) is 12.1 Å². The molecule has 0 spiro atoms. The molecule has 0 aliphatic carbocycles. The van der Waals surface area contributed by atoms with Crippen LogP contribution < -0.4 is 0 Å². The van der Waals surface area contributed by atoms with Crippen LogP contribution in [0.25, 0.3) is 0 Å². The molecule has 0 aromatic carbocycles. The minimum Gasteiger partial charge on any atom is -0.469 e. The van der Waals surface area contributed by atoms with E-state index in [9.17, 15) is 4.79 Å². The summed E-state index contributed by atoms with van der Waals surface area (Å²) < 4.78 is 9.92. The van der Waals surface area contributed by atoms with E-state index in [1.807, 2.05) is 12.1 Å². The van der Waals surface area contributed by atoms with E-state index in [4.69, 9.17) is 9.15 Å². The molecule has 3 heteroatoms. The van der Waals surface area contributed by atoms with Crippen molar-refractivity contribution in [2.75, 3.05) is 6.61 Å². The highest BCUT2D eigenvalue weighted by molar-refractivity contribution is 5.68. The van der Waals surface area contributed by atoms with E-state index >= 15 is 0 Å². The molecule has 0 unspecified atom stereocenters. The van der Waals surface area contributed by atoms with Crippen LogP contribution in [0.2, 0.25) is 0 Å². The quantitative estimate of drug-likeness (QED) is 0.643. The number of carbonyl (C=O) groups is 1. The van der Waals surface area contributed by atoms with Crippen LogP contribution >= 0.6 is 0 Å². The summed E-state index contributed by atoms with van der Waals surface area (Å²) in [7, 11) is 0. The predicted octanol–water partition coefficient (Wildman–Crippen LogP) is 1.78. The molecule has 0 saturated carbocycles. The predicted molar refractivity (Wildman–Crippen MR) is 43.7 cm³/mol. The van der Waals surface area contributed by atoms with Crippen LogP contribution in [0.4, 0.5) is 0 Å². The molecule has 66 valence electrons. The number of carbonyl (C=O) groups excluding carboxylic acids is 1. The van der Waals surface area contributed by atoms with E-state index in [1.165, 1.54) is 0 Å². The molecule has 1 aromatic heterocycles. The lowest BCUT2D eigenvalue weighted by Crippen LogP contribution is -2.05. The average Bonchev–Trinajstić information content (AvgIpc) is 2.57. The van der Waals surface area contributed by atoms with Gasteiger partial charge in [-0.15, -0.1) is 0 Å². The molecule has 0 N–H and O–H groups in total. The second-order valence-corrected chi connectivity index (χ2v) is 2.40. The first kappa shape index (κ1) is 8.84. The summed E-state index contributed by atoms with van der Waals surface area (Å²) in [5, 5.41) is 0. The highest BCUT2D eigenvalue weighted by Gasteiger charge is 1.99. The molecule has 1 rings (SSSR count). The second kappa shape index (κ2) is 4.59. The maximum absolute atomic E-state index is 10.7. The Labute approximate surface area is 71.3 Å². The Morgan fingerprint density at radius 1 is 1.67 bits per heavy atom. The van der Waals surface area contributed by atoms with E-state index < -0.39 is 0 Å². The fraction of sp³-hybridized carbons (Fsp3) is 0.444.